The van der Waals surface area contributed by atoms with Gasteiger partial charge in [0.2, 0.25) is 0 Å². The van der Waals surface area contributed by atoms with Crippen LogP contribution in [-0.2, 0) is 6.54 Å². The van der Waals surface area contributed by atoms with E-state index in [1.165, 1.54) is 37.3 Å². The molecule has 0 heterocycles. The molecule has 0 atom stereocenters. The minimum Gasteiger partial charge on any atom is -0.478 e. The SMILES string of the molecule is Cc1c(C(=O)NCc2cccc(C(=O)O)c2)cccc1[N+](=O)[O-]. The Morgan fingerprint density at radius 2 is 1.91 bits per heavy atom. The summed E-state index contributed by atoms with van der Waals surface area (Å²) in [7, 11) is 0. The third-order valence-electron chi connectivity index (χ3n) is 3.37. The molecule has 0 aromatic heterocycles. The van der Waals surface area contributed by atoms with Crippen molar-refractivity contribution in [3.05, 3.63) is 74.8 Å². The van der Waals surface area contributed by atoms with Gasteiger partial charge in [-0.25, -0.2) is 4.79 Å². The molecule has 2 aromatic rings. The summed E-state index contributed by atoms with van der Waals surface area (Å²) in [6.45, 7) is 1.64. The normalized spacial score (nSPS) is 10.1. The quantitative estimate of drug-likeness (QED) is 0.651. The Hall–Kier alpha value is -3.22. The molecule has 23 heavy (non-hydrogen) atoms. The van der Waals surface area contributed by atoms with E-state index in [-0.39, 0.29) is 28.9 Å². The highest BCUT2D eigenvalue weighted by Gasteiger charge is 2.17. The Labute approximate surface area is 131 Å². The van der Waals surface area contributed by atoms with Gasteiger partial charge in [0.1, 0.15) is 0 Å². The van der Waals surface area contributed by atoms with Crippen molar-refractivity contribution in [3.63, 3.8) is 0 Å². The van der Waals surface area contributed by atoms with Gasteiger partial charge in [0.15, 0.2) is 0 Å². The summed E-state index contributed by atoms with van der Waals surface area (Å²) in [6.07, 6.45) is 0. The van der Waals surface area contributed by atoms with E-state index in [1.807, 2.05) is 0 Å². The van der Waals surface area contributed by atoms with Crippen LogP contribution < -0.4 is 5.32 Å². The van der Waals surface area contributed by atoms with Crippen molar-refractivity contribution < 1.29 is 19.6 Å². The van der Waals surface area contributed by atoms with E-state index in [0.29, 0.717) is 5.56 Å². The number of nitrogens with one attached hydrogen (secondary N) is 1. The fourth-order valence-corrected chi connectivity index (χ4v) is 2.16. The van der Waals surface area contributed by atoms with Crippen molar-refractivity contribution in [2.24, 2.45) is 0 Å². The molecule has 0 aliphatic carbocycles. The van der Waals surface area contributed by atoms with Crippen LogP contribution in [0.1, 0.15) is 31.8 Å². The molecule has 0 saturated heterocycles. The molecule has 0 aliphatic heterocycles. The molecule has 0 bridgehead atoms. The minimum absolute atomic E-state index is 0.120. The van der Waals surface area contributed by atoms with E-state index < -0.39 is 16.8 Å². The lowest BCUT2D eigenvalue weighted by atomic mass is 10.1. The van der Waals surface area contributed by atoms with Crippen molar-refractivity contribution in [3.8, 4) is 0 Å². The largest absolute Gasteiger partial charge is 0.478 e. The number of benzene rings is 2. The molecule has 7 nitrogen and oxygen atoms in total. The second-order valence-electron chi connectivity index (χ2n) is 4.90. The number of nitrogens with zero attached hydrogens (tertiary/aromatic N) is 1. The molecule has 2 N–H and O–H groups in total. The lowest BCUT2D eigenvalue weighted by molar-refractivity contribution is -0.385. The Balaban J connectivity index is 2.14. The molecule has 0 saturated carbocycles. The average Bonchev–Trinajstić information content (AvgIpc) is 2.52. The van der Waals surface area contributed by atoms with E-state index >= 15 is 0 Å². The predicted molar refractivity (Wildman–Crippen MR) is 82.4 cm³/mol. The molecule has 2 aromatic carbocycles. The lowest BCUT2D eigenvalue weighted by Gasteiger charge is -2.08. The molecule has 0 fully saturated rings. The zero-order valence-electron chi connectivity index (χ0n) is 12.3. The van der Waals surface area contributed by atoms with Gasteiger partial charge in [-0.05, 0) is 30.7 Å². The first-order valence-corrected chi connectivity index (χ1v) is 6.74. The second-order valence-corrected chi connectivity index (χ2v) is 4.90. The number of carboxylic acids is 1. The second kappa shape index (κ2) is 6.69. The maximum atomic E-state index is 12.2. The van der Waals surface area contributed by atoms with Gasteiger partial charge in [-0.3, -0.25) is 14.9 Å². The van der Waals surface area contributed by atoms with E-state index in [9.17, 15) is 19.7 Å². The zero-order chi connectivity index (χ0) is 17.0. The number of amides is 1. The van der Waals surface area contributed by atoms with Gasteiger partial charge in [-0.1, -0.05) is 18.2 Å². The smallest absolute Gasteiger partial charge is 0.335 e. The first-order valence-electron chi connectivity index (χ1n) is 6.74. The third kappa shape index (κ3) is 3.70. The Morgan fingerprint density at radius 1 is 1.22 bits per heavy atom. The topological polar surface area (TPSA) is 110 Å². The van der Waals surface area contributed by atoms with Gasteiger partial charge < -0.3 is 10.4 Å². The summed E-state index contributed by atoms with van der Waals surface area (Å²) >= 11 is 0. The number of carbonyl (C=O) groups is 2. The number of nitro groups is 1. The van der Waals surface area contributed by atoms with Gasteiger partial charge >= 0.3 is 5.97 Å². The molecule has 0 unspecified atom stereocenters. The van der Waals surface area contributed by atoms with Gasteiger partial charge in [-0.15, -0.1) is 0 Å². The monoisotopic (exact) mass is 314 g/mol. The van der Waals surface area contributed by atoms with Crippen molar-refractivity contribution in [1.29, 1.82) is 0 Å². The summed E-state index contributed by atoms with van der Waals surface area (Å²) in [5, 5.41) is 22.5. The van der Waals surface area contributed by atoms with Crippen molar-refractivity contribution in [2.75, 3.05) is 0 Å². The van der Waals surface area contributed by atoms with Crippen LogP contribution in [0, 0.1) is 17.0 Å². The van der Waals surface area contributed by atoms with Crippen LogP contribution in [0.5, 0.6) is 0 Å². The Bertz CT molecular complexity index is 786. The molecular weight excluding hydrogens is 300 g/mol. The van der Waals surface area contributed by atoms with Crippen molar-refractivity contribution >= 4 is 17.6 Å². The molecular formula is C16H14N2O5. The average molecular weight is 314 g/mol. The van der Waals surface area contributed by atoms with Crippen molar-refractivity contribution in [2.45, 2.75) is 13.5 Å². The number of hydrogen-bond acceptors (Lipinski definition) is 4. The molecule has 0 aliphatic rings. The molecule has 118 valence electrons. The summed E-state index contributed by atoms with van der Waals surface area (Å²) < 4.78 is 0. The number of rotatable bonds is 5. The first-order chi connectivity index (χ1) is 10.9. The van der Waals surface area contributed by atoms with Gasteiger partial charge in [0, 0.05) is 23.7 Å². The lowest BCUT2D eigenvalue weighted by Crippen LogP contribution is -2.24. The predicted octanol–water partition coefficient (Wildman–Crippen LogP) is 2.53. The highest BCUT2D eigenvalue weighted by Crippen LogP contribution is 2.21. The van der Waals surface area contributed by atoms with Gasteiger partial charge in [0.25, 0.3) is 11.6 Å². The highest BCUT2D eigenvalue weighted by molar-refractivity contribution is 5.96. The minimum atomic E-state index is -1.05. The van der Waals surface area contributed by atoms with Crippen LogP contribution in [0.2, 0.25) is 0 Å². The maximum Gasteiger partial charge on any atom is 0.335 e. The Kier molecular flexibility index (Phi) is 4.70. The van der Waals surface area contributed by atoms with Crippen LogP contribution in [0.3, 0.4) is 0 Å². The third-order valence-corrected chi connectivity index (χ3v) is 3.37. The van der Waals surface area contributed by atoms with E-state index in [1.54, 1.807) is 12.1 Å². The maximum absolute atomic E-state index is 12.2. The fraction of sp³-hybridized carbons (Fsp3) is 0.125. The van der Waals surface area contributed by atoms with Gasteiger partial charge in [0.05, 0.1) is 10.5 Å². The Morgan fingerprint density at radius 3 is 2.57 bits per heavy atom. The summed E-state index contributed by atoms with van der Waals surface area (Å²) in [5.41, 5.74) is 1.14. The van der Waals surface area contributed by atoms with Crippen LogP contribution in [0.25, 0.3) is 0 Å². The number of aromatic carboxylic acids is 1. The van der Waals surface area contributed by atoms with Crippen LogP contribution in [-0.4, -0.2) is 21.9 Å². The highest BCUT2D eigenvalue weighted by atomic mass is 16.6. The van der Waals surface area contributed by atoms with Crippen molar-refractivity contribution in [1.82, 2.24) is 5.32 Å². The van der Waals surface area contributed by atoms with Crippen LogP contribution in [0.15, 0.2) is 42.5 Å². The summed E-state index contributed by atoms with van der Waals surface area (Å²) in [4.78, 5) is 33.4. The van der Waals surface area contributed by atoms with Crippen LogP contribution in [0.4, 0.5) is 5.69 Å². The number of carbonyl (C=O) groups excluding carboxylic acids is 1. The molecule has 0 spiro atoms. The first kappa shape index (κ1) is 16.2. The number of nitro benzene ring substituents is 1. The van der Waals surface area contributed by atoms with E-state index in [0.717, 1.165) is 0 Å². The summed E-state index contributed by atoms with van der Waals surface area (Å²) in [5.74, 6) is -1.50. The molecule has 0 radical (unpaired) electrons. The standard InChI is InChI=1S/C16H14N2O5/c1-10-13(6-3-7-14(10)18(22)23)15(19)17-9-11-4-2-5-12(8-11)16(20)21/h2-8H,9H2,1H3,(H,17,19)(H,20,21). The molecule has 2 rings (SSSR count). The van der Waals surface area contributed by atoms with Crippen LogP contribution >= 0.6 is 0 Å². The van der Waals surface area contributed by atoms with E-state index in [2.05, 4.69) is 5.32 Å². The molecule has 1 amide bonds. The summed E-state index contributed by atoms with van der Waals surface area (Å²) in [6, 6.07) is 10.5. The fourth-order valence-electron chi connectivity index (χ4n) is 2.16. The number of hydrogen-bond donors (Lipinski definition) is 2. The van der Waals surface area contributed by atoms with Gasteiger partial charge in [-0.2, -0.15) is 0 Å². The van der Waals surface area contributed by atoms with E-state index in [4.69, 9.17) is 5.11 Å². The number of carboxylic acid groups (broad SMARTS) is 1. The molecule has 7 heteroatoms. The zero-order valence-corrected chi connectivity index (χ0v) is 12.3.